The molecule has 0 spiro atoms. The number of halogens is 6. The van der Waals surface area contributed by atoms with Gasteiger partial charge < -0.3 is 50.8 Å². The van der Waals surface area contributed by atoms with Gasteiger partial charge in [-0.25, -0.2) is 0 Å². The van der Waals surface area contributed by atoms with E-state index in [2.05, 4.69) is 23.6 Å². The van der Waals surface area contributed by atoms with Crippen molar-refractivity contribution in [3.8, 4) is 0 Å². The van der Waals surface area contributed by atoms with Crippen molar-refractivity contribution in [3.63, 3.8) is 0 Å². The largest absolute Gasteiger partial charge is 0.331 e. The Balaban J connectivity index is -0.000000800. The van der Waals surface area contributed by atoms with E-state index < -0.39 is 15.2 Å². The zero-order chi connectivity index (χ0) is 37.0. The summed E-state index contributed by atoms with van der Waals surface area (Å²) in [6.07, 6.45) is 18.7. The molecule has 350 valence electrons. The minimum absolute atomic E-state index is 0. The molecule has 0 aromatic carbocycles. The van der Waals surface area contributed by atoms with E-state index >= 15 is 0 Å². The second kappa shape index (κ2) is 52.9. The van der Waals surface area contributed by atoms with Crippen LogP contribution in [0.25, 0.3) is 0 Å². The van der Waals surface area contributed by atoms with Crippen LogP contribution >= 0.6 is 89.6 Å². The van der Waals surface area contributed by atoms with Crippen LogP contribution in [0, 0.1) is 0 Å². The fraction of sp³-hybridized carbons (Fsp3) is 1.00. The maximum Gasteiger partial charge on any atom is 0.331 e. The van der Waals surface area contributed by atoms with Gasteiger partial charge in [-0.15, -0.1) is 74.4 Å². The van der Waals surface area contributed by atoms with Crippen molar-refractivity contribution in [1.82, 2.24) is 9.80 Å². The molecule has 12 nitrogen and oxygen atoms in total. The van der Waals surface area contributed by atoms with Gasteiger partial charge in [-0.3, -0.25) is 9.13 Å². The molecule has 2 atom stereocenters. The fourth-order valence-corrected chi connectivity index (χ4v) is 8.92. The number of rotatable bonds is 41. The molecule has 0 aromatic heterocycles. The Morgan fingerprint density at radius 3 is 0.821 bits per heavy atom. The van der Waals surface area contributed by atoms with Crippen LogP contribution in [0.4, 0.5) is 0 Å². The Morgan fingerprint density at radius 1 is 0.357 bits per heavy atom. The second-order valence-electron chi connectivity index (χ2n) is 13.5. The van der Waals surface area contributed by atoms with Crippen LogP contribution in [0.15, 0.2) is 0 Å². The van der Waals surface area contributed by atoms with Gasteiger partial charge in [0.2, 0.25) is 0 Å². The summed E-state index contributed by atoms with van der Waals surface area (Å²) in [5, 5.41) is 0. The number of unbranched alkanes of at least 4 members (excludes halogenated alkanes) is 11. The van der Waals surface area contributed by atoms with Gasteiger partial charge in [-0.1, -0.05) is 78.1 Å². The van der Waals surface area contributed by atoms with Crippen molar-refractivity contribution in [2.75, 3.05) is 104 Å². The van der Waals surface area contributed by atoms with Crippen LogP contribution in [0.5, 0.6) is 0 Å². The third-order valence-electron chi connectivity index (χ3n) is 8.78. The SMILES string of the molecule is CCCCCCOP(=O)(CCN(CCCN)CCCN)OCCCCCCCCOP(=O)(CCN(CCCN)CCCN)OCCCCCC.Cl.Cl.Cl.Cl.Cl.Cl. The van der Waals surface area contributed by atoms with Crippen LogP contribution < -0.4 is 22.9 Å². The normalized spacial score (nSPS) is 12.9. The number of nitrogens with two attached hydrogens (primary N) is 4. The Bertz CT molecular complexity index is 767. The third kappa shape index (κ3) is 45.3. The molecule has 0 bridgehead atoms. The Kier molecular flexibility index (Phi) is 68.3. The molecule has 20 heteroatoms. The van der Waals surface area contributed by atoms with Crippen molar-refractivity contribution in [2.24, 2.45) is 22.9 Å². The van der Waals surface area contributed by atoms with E-state index in [1.165, 1.54) is 0 Å². The highest BCUT2D eigenvalue weighted by atomic mass is 35.5. The minimum Gasteiger partial charge on any atom is -0.330 e. The molecule has 0 saturated heterocycles. The maximum atomic E-state index is 13.7. The van der Waals surface area contributed by atoms with Crippen molar-refractivity contribution in [1.29, 1.82) is 0 Å². The zero-order valence-corrected chi connectivity index (χ0v) is 41.7. The summed E-state index contributed by atoms with van der Waals surface area (Å²) < 4.78 is 51.3. The molecule has 0 radical (unpaired) electrons. The lowest BCUT2D eigenvalue weighted by molar-refractivity contribution is 0.189. The number of hydrogen-bond acceptors (Lipinski definition) is 12. The monoisotopic (exact) mass is 972 g/mol. The van der Waals surface area contributed by atoms with E-state index in [-0.39, 0.29) is 74.4 Å². The van der Waals surface area contributed by atoms with Gasteiger partial charge in [-0.05, 0) is 104 Å². The Labute approximate surface area is 381 Å². The average molecular weight is 976 g/mol. The van der Waals surface area contributed by atoms with Gasteiger partial charge in [0.05, 0.1) is 38.8 Å². The predicted molar refractivity (Wildman–Crippen MR) is 256 cm³/mol. The first-order chi connectivity index (χ1) is 24.3. The van der Waals surface area contributed by atoms with E-state index in [1.54, 1.807) is 0 Å². The molecular formula is C36H88Cl6N6O6P2. The fourth-order valence-electron chi connectivity index (χ4n) is 5.57. The van der Waals surface area contributed by atoms with Crippen LogP contribution in [-0.2, 0) is 27.2 Å². The molecule has 0 rings (SSSR count). The molecule has 0 aliphatic heterocycles. The molecule has 0 aliphatic rings. The lowest BCUT2D eigenvalue weighted by atomic mass is 10.1. The molecule has 2 unspecified atom stereocenters. The lowest BCUT2D eigenvalue weighted by Gasteiger charge is -2.25. The summed E-state index contributed by atoms with van der Waals surface area (Å²) in [6, 6.07) is 0. The van der Waals surface area contributed by atoms with Crippen molar-refractivity contribution < 1.29 is 27.2 Å². The zero-order valence-electron chi connectivity index (χ0n) is 35.0. The highest BCUT2D eigenvalue weighted by molar-refractivity contribution is 7.54. The van der Waals surface area contributed by atoms with E-state index in [4.69, 9.17) is 41.0 Å². The van der Waals surface area contributed by atoms with Crippen molar-refractivity contribution in [2.45, 2.75) is 129 Å². The average Bonchev–Trinajstić information content (AvgIpc) is 3.11. The number of hydrogen-bond donors (Lipinski definition) is 4. The highest BCUT2D eigenvalue weighted by Gasteiger charge is 2.26. The second-order valence-corrected chi connectivity index (χ2v) is 17.9. The van der Waals surface area contributed by atoms with Gasteiger partial charge >= 0.3 is 15.2 Å². The first-order valence-corrected chi connectivity index (χ1v) is 23.8. The topological polar surface area (TPSA) is 182 Å². The first kappa shape index (κ1) is 72.3. The van der Waals surface area contributed by atoms with Crippen LogP contribution in [-0.4, -0.2) is 114 Å². The molecular weight excluding hydrogens is 887 g/mol. The summed E-state index contributed by atoms with van der Waals surface area (Å²) in [6.45, 7) is 13.5. The molecule has 0 heterocycles. The van der Waals surface area contributed by atoms with Gasteiger partial charge in [0.25, 0.3) is 0 Å². The highest BCUT2D eigenvalue weighted by Crippen LogP contribution is 2.49. The van der Waals surface area contributed by atoms with Gasteiger partial charge in [0.15, 0.2) is 0 Å². The maximum absolute atomic E-state index is 13.7. The third-order valence-corrected chi connectivity index (χ3v) is 12.6. The van der Waals surface area contributed by atoms with Crippen LogP contribution in [0.1, 0.15) is 129 Å². The van der Waals surface area contributed by atoms with E-state index in [1.807, 2.05) is 0 Å². The Morgan fingerprint density at radius 2 is 0.589 bits per heavy atom. The smallest absolute Gasteiger partial charge is 0.330 e. The molecule has 0 amide bonds. The van der Waals surface area contributed by atoms with E-state index in [0.29, 0.717) is 78.0 Å². The summed E-state index contributed by atoms with van der Waals surface area (Å²) >= 11 is 0. The molecule has 56 heavy (non-hydrogen) atoms. The summed E-state index contributed by atoms with van der Waals surface area (Å²) in [5.74, 6) is 0. The van der Waals surface area contributed by atoms with Crippen LogP contribution in [0.3, 0.4) is 0 Å². The molecule has 8 N–H and O–H groups in total. The standard InChI is InChI=1S/C36H82N6O6P2.6ClH/c1-3-5-7-13-31-45-49(43,35-29-41(25-17-21-37)26-18-22-38)47-33-15-11-9-10-12-16-34-48-50(44,46-32-14-8-6-4-2)36-30-42(27-19-23-39)28-20-24-40;;;;;;/h3-40H2,1-2H3;6*1H. The van der Waals surface area contributed by atoms with Gasteiger partial charge in [0.1, 0.15) is 0 Å². The molecule has 0 aliphatic carbocycles. The first-order valence-electron chi connectivity index (χ1n) is 20.3. The molecule has 0 fully saturated rings. The summed E-state index contributed by atoms with van der Waals surface area (Å²) in [4.78, 5) is 4.56. The molecule has 0 aromatic rings. The van der Waals surface area contributed by atoms with Gasteiger partial charge in [0, 0.05) is 13.1 Å². The van der Waals surface area contributed by atoms with Gasteiger partial charge in [-0.2, -0.15) is 0 Å². The van der Waals surface area contributed by atoms with E-state index in [0.717, 1.165) is 142 Å². The van der Waals surface area contributed by atoms with Crippen molar-refractivity contribution in [3.05, 3.63) is 0 Å². The van der Waals surface area contributed by atoms with Crippen molar-refractivity contribution >= 4 is 89.6 Å². The number of nitrogens with zero attached hydrogens (tertiary/aromatic N) is 2. The summed E-state index contributed by atoms with van der Waals surface area (Å²) in [5.41, 5.74) is 22.9. The van der Waals surface area contributed by atoms with E-state index in [9.17, 15) is 9.13 Å². The molecule has 0 saturated carbocycles. The van der Waals surface area contributed by atoms with Crippen LogP contribution in [0.2, 0.25) is 0 Å². The lowest BCUT2D eigenvalue weighted by Crippen LogP contribution is -2.31. The Hall–Kier alpha value is 1.80. The predicted octanol–water partition coefficient (Wildman–Crippen LogP) is 9.47. The quantitative estimate of drug-likeness (QED) is 0.0337. The summed E-state index contributed by atoms with van der Waals surface area (Å²) in [7, 11) is -6.37. The minimum atomic E-state index is -3.18.